The summed E-state index contributed by atoms with van der Waals surface area (Å²) >= 11 is 2.91. The number of nitrogens with one attached hydrogen (secondary N) is 1. The summed E-state index contributed by atoms with van der Waals surface area (Å²) in [4.78, 5) is 29.7. The van der Waals surface area contributed by atoms with Crippen LogP contribution in [0.4, 0.5) is 5.69 Å². The number of nitrogens with zero attached hydrogens (tertiary/aromatic N) is 1. The monoisotopic (exact) mass is 388 g/mol. The molecular formula is C18H16N2O4S2. The highest BCUT2D eigenvalue weighted by Crippen LogP contribution is 2.28. The van der Waals surface area contributed by atoms with E-state index in [0.29, 0.717) is 11.4 Å². The first-order valence-corrected chi connectivity index (χ1v) is 9.48. The maximum atomic E-state index is 12.2. The van der Waals surface area contributed by atoms with Crippen LogP contribution in [0.25, 0.3) is 9.88 Å². The third-order valence-electron chi connectivity index (χ3n) is 3.44. The second-order valence-electron chi connectivity index (χ2n) is 5.28. The summed E-state index contributed by atoms with van der Waals surface area (Å²) in [6, 6.07) is 10.8. The van der Waals surface area contributed by atoms with Crippen LogP contribution in [0.5, 0.6) is 5.75 Å². The van der Waals surface area contributed by atoms with Crippen molar-refractivity contribution in [2.45, 2.75) is 13.0 Å². The molecule has 6 nitrogen and oxygen atoms in total. The van der Waals surface area contributed by atoms with Crippen LogP contribution in [-0.4, -0.2) is 30.1 Å². The van der Waals surface area contributed by atoms with Crippen molar-refractivity contribution in [1.82, 2.24) is 4.98 Å². The Morgan fingerprint density at radius 3 is 2.77 bits per heavy atom. The molecule has 134 valence electrons. The fourth-order valence-corrected chi connectivity index (χ4v) is 3.70. The van der Waals surface area contributed by atoms with Gasteiger partial charge in [0.2, 0.25) is 0 Å². The minimum absolute atomic E-state index is 0.194. The van der Waals surface area contributed by atoms with E-state index < -0.39 is 18.0 Å². The molecule has 8 heteroatoms. The first-order valence-electron chi connectivity index (χ1n) is 7.72. The van der Waals surface area contributed by atoms with E-state index in [4.69, 9.17) is 9.47 Å². The molecule has 1 atom stereocenters. The molecule has 0 aliphatic carbocycles. The number of carbonyl (C=O) groups is 2. The number of esters is 1. The summed E-state index contributed by atoms with van der Waals surface area (Å²) in [5.74, 6) is -0.436. The molecule has 0 aliphatic heterocycles. The molecule has 0 unspecified atom stereocenters. The van der Waals surface area contributed by atoms with Crippen LogP contribution >= 0.6 is 22.7 Å². The molecule has 3 aromatic rings. The van der Waals surface area contributed by atoms with Crippen molar-refractivity contribution < 1.29 is 19.1 Å². The predicted molar refractivity (Wildman–Crippen MR) is 102 cm³/mol. The zero-order chi connectivity index (χ0) is 18.5. The number of thiophene rings is 1. The number of methoxy groups -OCH3 is 1. The van der Waals surface area contributed by atoms with Gasteiger partial charge in [-0.05, 0) is 30.5 Å². The van der Waals surface area contributed by atoms with Gasteiger partial charge in [-0.15, -0.1) is 22.7 Å². The minimum atomic E-state index is -0.958. The normalized spacial score (nSPS) is 11.6. The van der Waals surface area contributed by atoms with Gasteiger partial charge in [-0.3, -0.25) is 4.79 Å². The Labute approximate surface area is 158 Å². The molecule has 0 spiro atoms. The highest BCUT2D eigenvalue weighted by atomic mass is 32.1. The SMILES string of the molecule is COc1cccc(NC(=O)[C@@H](C)OC(=O)c2csc(-c3cccs3)n2)c1. The fourth-order valence-electron chi connectivity index (χ4n) is 2.10. The van der Waals surface area contributed by atoms with E-state index in [1.807, 2.05) is 17.5 Å². The van der Waals surface area contributed by atoms with Gasteiger partial charge in [0.15, 0.2) is 11.8 Å². The van der Waals surface area contributed by atoms with Gasteiger partial charge in [0.05, 0.1) is 12.0 Å². The highest BCUT2D eigenvalue weighted by molar-refractivity contribution is 7.20. The molecule has 3 rings (SSSR count). The Bertz CT molecular complexity index is 906. The van der Waals surface area contributed by atoms with Crippen LogP contribution in [0.2, 0.25) is 0 Å². The quantitative estimate of drug-likeness (QED) is 0.644. The number of benzene rings is 1. The van der Waals surface area contributed by atoms with Crippen molar-refractivity contribution in [2.75, 3.05) is 12.4 Å². The topological polar surface area (TPSA) is 77.5 Å². The smallest absolute Gasteiger partial charge is 0.358 e. The van der Waals surface area contributed by atoms with E-state index in [0.717, 1.165) is 9.88 Å². The molecule has 2 aromatic heterocycles. The van der Waals surface area contributed by atoms with Gasteiger partial charge in [-0.1, -0.05) is 12.1 Å². The van der Waals surface area contributed by atoms with Gasteiger partial charge in [0.1, 0.15) is 10.8 Å². The van der Waals surface area contributed by atoms with E-state index in [2.05, 4.69) is 10.3 Å². The summed E-state index contributed by atoms with van der Waals surface area (Å²) in [7, 11) is 1.55. The lowest BCUT2D eigenvalue weighted by Gasteiger charge is -2.13. The van der Waals surface area contributed by atoms with Crippen molar-refractivity contribution in [2.24, 2.45) is 0 Å². The third kappa shape index (κ3) is 4.27. The maximum absolute atomic E-state index is 12.2. The zero-order valence-electron chi connectivity index (χ0n) is 14.1. The lowest BCUT2D eigenvalue weighted by molar-refractivity contribution is -0.123. The average molecular weight is 388 g/mol. The lowest BCUT2D eigenvalue weighted by atomic mass is 10.3. The Balaban J connectivity index is 1.60. The summed E-state index contributed by atoms with van der Waals surface area (Å²) in [5, 5.41) is 7.01. The molecule has 0 radical (unpaired) electrons. The van der Waals surface area contributed by atoms with Crippen molar-refractivity contribution in [1.29, 1.82) is 0 Å². The van der Waals surface area contributed by atoms with Gasteiger partial charge in [0, 0.05) is 17.1 Å². The van der Waals surface area contributed by atoms with Crippen LogP contribution in [0.1, 0.15) is 17.4 Å². The van der Waals surface area contributed by atoms with Gasteiger partial charge in [0.25, 0.3) is 5.91 Å². The number of thiazole rings is 1. The summed E-state index contributed by atoms with van der Waals surface area (Å²) in [6.45, 7) is 1.51. The number of hydrogen-bond donors (Lipinski definition) is 1. The van der Waals surface area contributed by atoms with Crippen LogP contribution < -0.4 is 10.1 Å². The molecular weight excluding hydrogens is 372 g/mol. The molecule has 0 bridgehead atoms. The summed E-state index contributed by atoms with van der Waals surface area (Å²) in [6.07, 6.45) is -0.958. The molecule has 0 saturated carbocycles. The van der Waals surface area contributed by atoms with Gasteiger partial charge >= 0.3 is 5.97 Å². The van der Waals surface area contributed by atoms with E-state index >= 15 is 0 Å². The van der Waals surface area contributed by atoms with Crippen LogP contribution in [0, 0.1) is 0 Å². The van der Waals surface area contributed by atoms with E-state index in [1.54, 1.807) is 48.1 Å². The standard InChI is InChI=1S/C18H16N2O4S2/c1-11(16(21)19-12-5-3-6-13(9-12)23-2)24-18(22)14-10-26-17(20-14)15-7-4-8-25-15/h3-11H,1-2H3,(H,19,21)/t11-/m1/s1. The number of anilines is 1. The number of ether oxygens (including phenoxy) is 2. The average Bonchev–Trinajstić information content (AvgIpc) is 3.33. The summed E-state index contributed by atoms with van der Waals surface area (Å²) in [5.41, 5.74) is 0.755. The number of hydrogen-bond acceptors (Lipinski definition) is 7. The largest absolute Gasteiger partial charge is 0.497 e. The zero-order valence-corrected chi connectivity index (χ0v) is 15.7. The van der Waals surface area contributed by atoms with Crippen LogP contribution in [0.3, 0.4) is 0 Å². The van der Waals surface area contributed by atoms with Crippen LogP contribution in [-0.2, 0) is 9.53 Å². The molecule has 0 aliphatic rings. The maximum Gasteiger partial charge on any atom is 0.358 e. The minimum Gasteiger partial charge on any atom is -0.497 e. The molecule has 0 saturated heterocycles. The van der Waals surface area contributed by atoms with Crippen molar-refractivity contribution in [3.63, 3.8) is 0 Å². The molecule has 26 heavy (non-hydrogen) atoms. The Kier molecular flexibility index (Phi) is 5.65. The second-order valence-corrected chi connectivity index (χ2v) is 7.09. The Morgan fingerprint density at radius 1 is 1.19 bits per heavy atom. The van der Waals surface area contributed by atoms with Gasteiger partial charge in [-0.25, -0.2) is 9.78 Å². The number of amides is 1. The first kappa shape index (κ1) is 18.1. The van der Waals surface area contributed by atoms with Crippen molar-refractivity contribution in [3.8, 4) is 15.6 Å². The first-order chi connectivity index (χ1) is 12.6. The Morgan fingerprint density at radius 2 is 2.04 bits per heavy atom. The molecule has 2 heterocycles. The number of rotatable bonds is 6. The third-order valence-corrected chi connectivity index (χ3v) is 5.32. The highest BCUT2D eigenvalue weighted by Gasteiger charge is 2.21. The second kappa shape index (κ2) is 8.11. The van der Waals surface area contributed by atoms with E-state index in [1.165, 1.54) is 18.3 Å². The van der Waals surface area contributed by atoms with Gasteiger partial charge < -0.3 is 14.8 Å². The lowest BCUT2D eigenvalue weighted by Crippen LogP contribution is -2.30. The van der Waals surface area contributed by atoms with Crippen molar-refractivity contribution >= 4 is 40.2 Å². The van der Waals surface area contributed by atoms with Crippen LogP contribution in [0.15, 0.2) is 47.2 Å². The molecule has 1 aromatic carbocycles. The Hall–Kier alpha value is -2.71. The number of aromatic nitrogens is 1. The fraction of sp³-hybridized carbons (Fsp3) is 0.167. The number of carbonyl (C=O) groups excluding carboxylic acids is 2. The van der Waals surface area contributed by atoms with E-state index in [-0.39, 0.29) is 5.69 Å². The van der Waals surface area contributed by atoms with Gasteiger partial charge in [-0.2, -0.15) is 0 Å². The predicted octanol–water partition coefficient (Wildman–Crippen LogP) is 4.06. The molecule has 1 N–H and O–H groups in total. The summed E-state index contributed by atoms with van der Waals surface area (Å²) < 4.78 is 10.3. The van der Waals surface area contributed by atoms with E-state index in [9.17, 15) is 9.59 Å². The molecule has 0 fully saturated rings. The molecule has 1 amide bonds. The van der Waals surface area contributed by atoms with Crippen molar-refractivity contribution in [3.05, 3.63) is 52.9 Å².